The van der Waals surface area contributed by atoms with Crippen LogP contribution >= 0.6 is 0 Å². The van der Waals surface area contributed by atoms with Crippen LogP contribution in [-0.4, -0.2) is 37.8 Å². The first kappa shape index (κ1) is 28.1. The predicted molar refractivity (Wildman–Crippen MR) is 189 cm³/mol. The van der Waals surface area contributed by atoms with Crippen molar-refractivity contribution in [2.45, 2.75) is 18.0 Å². The second kappa shape index (κ2) is 11.3. The summed E-state index contributed by atoms with van der Waals surface area (Å²) in [5.41, 5.74) is 8.83. The zero-order chi connectivity index (χ0) is 32.1. The number of carbonyl (C=O) groups is 1. The second-order valence-corrected chi connectivity index (χ2v) is 12.4. The number of hydrogen-bond acceptors (Lipinski definition) is 4. The van der Waals surface area contributed by atoms with Gasteiger partial charge in [-0.3, -0.25) is 9.78 Å². The van der Waals surface area contributed by atoms with Gasteiger partial charge < -0.3 is 4.90 Å². The van der Waals surface area contributed by atoms with Crippen LogP contribution in [0.5, 0.6) is 0 Å². The van der Waals surface area contributed by atoms with E-state index in [1.54, 1.807) is 12.4 Å². The van der Waals surface area contributed by atoms with Crippen molar-refractivity contribution in [1.29, 1.82) is 0 Å². The maximum absolute atomic E-state index is 13.7. The fourth-order valence-corrected chi connectivity index (χ4v) is 7.30. The molecule has 7 aromatic rings. The highest BCUT2D eigenvalue weighted by molar-refractivity contribution is 6.41. The molecule has 0 aliphatic carbocycles. The second-order valence-electron chi connectivity index (χ2n) is 12.4. The minimum atomic E-state index is -0.803. The van der Waals surface area contributed by atoms with E-state index in [1.165, 1.54) is 0 Å². The Balaban J connectivity index is 1.25. The average Bonchev–Trinajstić information content (AvgIpc) is 3.73. The minimum Gasteiger partial charge on any atom is -0.326 e. The number of rotatable bonds is 7. The van der Waals surface area contributed by atoms with Crippen LogP contribution in [0.2, 0.25) is 0 Å². The van der Waals surface area contributed by atoms with Gasteiger partial charge in [-0.1, -0.05) is 121 Å². The van der Waals surface area contributed by atoms with E-state index in [0.29, 0.717) is 12.1 Å². The number of aliphatic imine (C=N–C) groups is 1. The van der Waals surface area contributed by atoms with Gasteiger partial charge in [-0.25, -0.2) is 9.67 Å². The fraction of sp³-hybridized carbons (Fsp3) is 0.0952. The molecule has 2 aliphatic rings. The number of pyridine rings is 1. The van der Waals surface area contributed by atoms with Crippen molar-refractivity contribution in [2.24, 2.45) is 4.99 Å². The maximum atomic E-state index is 13.7. The Bertz CT molecular complexity index is 2200. The molecular weight excluding hydrogens is 590 g/mol. The average molecular weight is 622 g/mol. The summed E-state index contributed by atoms with van der Waals surface area (Å²) in [5, 5.41) is 6.47. The van der Waals surface area contributed by atoms with E-state index in [2.05, 4.69) is 125 Å². The van der Waals surface area contributed by atoms with Crippen LogP contribution in [-0.2, 0) is 16.8 Å². The summed E-state index contributed by atoms with van der Waals surface area (Å²) in [4.78, 5) is 24.9. The normalized spacial score (nSPS) is 15.3. The van der Waals surface area contributed by atoms with Crippen LogP contribution in [0.3, 0.4) is 0 Å². The van der Waals surface area contributed by atoms with Crippen LogP contribution in [0.1, 0.15) is 33.9 Å². The van der Waals surface area contributed by atoms with Gasteiger partial charge in [-0.05, 0) is 52.1 Å². The molecule has 5 aromatic carbocycles. The Morgan fingerprint density at radius 3 is 1.83 bits per heavy atom. The first-order valence-corrected chi connectivity index (χ1v) is 16.3. The SMILES string of the molecule is O=C(C1=Nc2cc3c(-c4ccncc4)nn(C(c4ccccc4)(c4ccccc4)c4ccccc4)c3cc2C1)N1C[C@@H]1c1ccccc1. The number of benzene rings is 5. The standard InChI is InChI=1S/C42H31N5O/c48-41(46-28-39(46)29-13-5-1-6-14-29)37-25-31-26-38-35(27-36(31)44-37)40(30-21-23-43-24-22-30)45-47(38)42(32-15-7-2-8-16-32,33-17-9-3-10-18-33)34-19-11-4-12-20-34/h1-24,26-27,39H,25,28H2/t39-,46?/m1/s1. The van der Waals surface area contributed by atoms with Crippen LogP contribution in [0, 0.1) is 0 Å². The molecule has 0 bridgehead atoms. The lowest BCUT2D eigenvalue weighted by atomic mass is 9.77. The molecular formula is C42H31N5O. The number of nitrogens with zero attached hydrogens (tertiary/aromatic N) is 5. The predicted octanol–water partition coefficient (Wildman–Crippen LogP) is 8.15. The van der Waals surface area contributed by atoms with Gasteiger partial charge in [0.15, 0.2) is 0 Å². The van der Waals surface area contributed by atoms with Gasteiger partial charge in [-0.2, -0.15) is 5.10 Å². The third kappa shape index (κ3) is 4.48. The zero-order valence-electron chi connectivity index (χ0n) is 26.1. The van der Waals surface area contributed by atoms with Crippen LogP contribution in [0.15, 0.2) is 163 Å². The number of fused-ring (bicyclic) bond motifs is 2. The lowest BCUT2D eigenvalue weighted by Gasteiger charge is -2.37. The summed E-state index contributed by atoms with van der Waals surface area (Å²) in [6.45, 7) is 0.717. The molecule has 0 unspecified atom stereocenters. The number of carbonyl (C=O) groups excluding carboxylic acids is 1. The van der Waals surface area contributed by atoms with E-state index >= 15 is 0 Å². The van der Waals surface area contributed by atoms with Gasteiger partial charge in [0, 0.05) is 36.3 Å². The largest absolute Gasteiger partial charge is 0.326 e. The molecule has 6 nitrogen and oxygen atoms in total. The highest BCUT2D eigenvalue weighted by atomic mass is 16.2. The molecule has 48 heavy (non-hydrogen) atoms. The monoisotopic (exact) mass is 621 g/mol. The van der Waals surface area contributed by atoms with Gasteiger partial charge in [0.05, 0.1) is 17.2 Å². The van der Waals surface area contributed by atoms with Crippen molar-refractivity contribution in [3.63, 3.8) is 0 Å². The van der Waals surface area contributed by atoms with E-state index in [4.69, 9.17) is 10.1 Å². The Morgan fingerprint density at radius 1 is 0.688 bits per heavy atom. The van der Waals surface area contributed by atoms with Crippen molar-refractivity contribution in [3.05, 3.63) is 186 Å². The van der Waals surface area contributed by atoms with Gasteiger partial charge in [0.25, 0.3) is 5.91 Å². The molecule has 9 rings (SSSR count). The molecule has 2 aromatic heterocycles. The molecule has 1 fully saturated rings. The van der Waals surface area contributed by atoms with Crippen LogP contribution in [0.25, 0.3) is 22.2 Å². The third-order valence-electron chi connectivity index (χ3n) is 9.64. The topological polar surface area (TPSA) is 63.1 Å². The fourth-order valence-electron chi connectivity index (χ4n) is 7.30. The Morgan fingerprint density at radius 2 is 1.25 bits per heavy atom. The molecule has 2 aliphatic heterocycles. The first-order chi connectivity index (χ1) is 23.7. The molecule has 4 heterocycles. The van der Waals surface area contributed by atoms with Crippen molar-refractivity contribution in [2.75, 3.05) is 6.54 Å². The smallest absolute Gasteiger partial charge is 0.269 e. The zero-order valence-corrected chi connectivity index (χ0v) is 26.1. The van der Waals surface area contributed by atoms with E-state index in [9.17, 15) is 4.79 Å². The van der Waals surface area contributed by atoms with Gasteiger partial charge >= 0.3 is 0 Å². The summed E-state index contributed by atoms with van der Waals surface area (Å²) in [6, 6.07) is 50.4. The Labute approximate surface area is 278 Å². The van der Waals surface area contributed by atoms with Gasteiger partial charge in [-0.15, -0.1) is 0 Å². The molecule has 1 saturated heterocycles. The Kier molecular flexibility index (Phi) is 6.61. The molecule has 1 amide bonds. The summed E-state index contributed by atoms with van der Waals surface area (Å²) in [7, 11) is 0. The van der Waals surface area contributed by atoms with E-state index in [-0.39, 0.29) is 11.9 Å². The molecule has 0 radical (unpaired) electrons. The lowest BCUT2D eigenvalue weighted by Crippen LogP contribution is -2.38. The van der Waals surface area contributed by atoms with E-state index in [1.807, 2.05) is 35.2 Å². The highest BCUT2D eigenvalue weighted by Gasteiger charge is 2.43. The summed E-state index contributed by atoms with van der Waals surface area (Å²) < 4.78 is 2.19. The molecule has 6 heteroatoms. The summed E-state index contributed by atoms with van der Waals surface area (Å²) >= 11 is 0. The van der Waals surface area contributed by atoms with Gasteiger partial charge in [0.2, 0.25) is 0 Å². The first-order valence-electron chi connectivity index (χ1n) is 16.3. The molecule has 230 valence electrons. The van der Waals surface area contributed by atoms with Crippen LogP contribution in [0.4, 0.5) is 5.69 Å². The summed E-state index contributed by atoms with van der Waals surface area (Å²) in [5.74, 6) is 0.00676. The van der Waals surface area contributed by atoms with E-state index < -0.39 is 5.54 Å². The van der Waals surface area contributed by atoms with Crippen LogP contribution < -0.4 is 0 Å². The third-order valence-corrected chi connectivity index (χ3v) is 9.64. The van der Waals surface area contributed by atoms with Crippen molar-refractivity contribution in [1.82, 2.24) is 19.7 Å². The van der Waals surface area contributed by atoms with Crippen molar-refractivity contribution in [3.8, 4) is 11.3 Å². The maximum Gasteiger partial charge on any atom is 0.269 e. The summed E-state index contributed by atoms with van der Waals surface area (Å²) in [6.07, 6.45) is 4.08. The van der Waals surface area contributed by atoms with E-state index in [0.717, 1.165) is 62.2 Å². The lowest BCUT2D eigenvalue weighted by molar-refractivity contribution is -0.119. The molecule has 1 atom stereocenters. The molecule has 0 N–H and O–H groups in total. The number of aromatic nitrogens is 3. The Hall–Kier alpha value is -6.14. The molecule has 0 saturated carbocycles. The van der Waals surface area contributed by atoms with Crippen molar-refractivity contribution >= 4 is 28.2 Å². The quantitative estimate of drug-likeness (QED) is 0.133. The minimum absolute atomic E-state index is 0.00676. The highest BCUT2D eigenvalue weighted by Crippen LogP contribution is 2.46. The van der Waals surface area contributed by atoms with Gasteiger partial charge in [0.1, 0.15) is 16.9 Å². The number of hydrogen-bond donors (Lipinski definition) is 0. The van der Waals surface area contributed by atoms with Crippen molar-refractivity contribution < 1.29 is 4.79 Å². The molecule has 0 spiro atoms. The number of amides is 1.